The smallest absolute Gasteiger partial charge is 0.198 e. The molecule has 0 aromatic carbocycles. The van der Waals surface area contributed by atoms with Crippen LogP contribution in [-0.4, -0.2) is 34.8 Å². The van der Waals surface area contributed by atoms with Gasteiger partial charge in [0.2, 0.25) is 0 Å². The Balaban J connectivity index is 2.90. The molecule has 0 unspecified atom stereocenters. The van der Waals surface area contributed by atoms with Crippen LogP contribution in [0.5, 0.6) is 5.75 Å². The van der Waals surface area contributed by atoms with Crippen LogP contribution in [0.25, 0.3) is 0 Å². The predicted molar refractivity (Wildman–Crippen MR) is 71.9 cm³/mol. The minimum absolute atomic E-state index is 0.0444. The molecule has 0 bridgehead atoms. The van der Waals surface area contributed by atoms with E-state index in [2.05, 4.69) is 4.37 Å². The van der Waals surface area contributed by atoms with Crippen molar-refractivity contribution >= 4 is 22.4 Å². The second-order valence-corrected chi connectivity index (χ2v) is 5.79. The number of nitrogens with zero attached hydrogens (tertiary/aromatic N) is 2. The summed E-state index contributed by atoms with van der Waals surface area (Å²) >= 11 is 1.28. The third-order valence-electron chi connectivity index (χ3n) is 1.98. The average molecular weight is 259 g/mol. The third kappa shape index (κ3) is 4.05. The summed E-state index contributed by atoms with van der Waals surface area (Å²) in [5.74, 6) is 1.01. The lowest BCUT2D eigenvalue weighted by atomic mass is 10.1. The SMILES string of the molecule is CC(C)Oc1c(N)nsc1N(C)CC(C)(C)O. The first-order chi connectivity index (χ1) is 7.70. The van der Waals surface area contributed by atoms with Crippen molar-refractivity contribution in [3.63, 3.8) is 0 Å². The van der Waals surface area contributed by atoms with Crippen molar-refractivity contribution in [1.29, 1.82) is 0 Å². The van der Waals surface area contributed by atoms with Gasteiger partial charge in [0.1, 0.15) is 0 Å². The molecule has 1 aromatic rings. The van der Waals surface area contributed by atoms with Gasteiger partial charge in [-0.2, -0.15) is 4.37 Å². The summed E-state index contributed by atoms with van der Waals surface area (Å²) in [4.78, 5) is 1.91. The van der Waals surface area contributed by atoms with Gasteiger partial charge in [-0.25, -0.2) is 0 Å². The Morgan fingerprint density at radius 1 is 1.53 bits per heavy atom. The average Bonchev–Trinajstić information content (AvgIpc) is 2.44. The number of hydrogen-bond acceptors (Lipinski definition) is 6. The van der Waals surface area contributed by atoms with Gasteiger partial charge in [-0.1, -0.05) is 0 Å². The van der Waals surface area contributed by atoms with Crippen LogP contribution in [0.1, 0.15) is 27.7 Å². The van der Waals surface area contributed by atoms with Gasteiger partial charge in [-0.15, -0.1) is 0 Å². The van der Waals surface area contributed by atoms with E-state index in [1.807, 2.05) is 25.8 Å². The van der Waals surface area contributed by atoms with Crippen molar-refractivity contribution in [2.75, 3.05) is 24.2 Å². The zero-order valence-corrected chi connectivity index (χ0v) is 11.8. The maximum atomic E-state index is 9.80. The molecule has 3 N–H and O–H groups in total. The molecular formula is C11H21N3O2S. The first kappa shape index (κ1) is 14.1. The summed E-state index contributed by atoms with van der Waals surface area (Å²) in [6.45, 7) is 7.89. The van der Waals surface area contributed by atoms with Gasteiger partial charge in [0, 0.05) is 13.6 Å². The number of rotatable bonds is 5. The van der Waals surface area contributed by atoms with Crippen molar-refractivity contribution in [3.8, 4) is 5.75 Å². The summed E-state index contributed by atoms with van der Waals surface area (Å²) in [7, 11) is 1.89. The number of anilines is 2. The second kappa shape index (κ2) is 5.10. The highest BCUT2D eigenvalue weighted by Gasteiger charge is 2.22. The molecule has 6 heteroatoms. The van der Waals surface area contributed by atoms with Crippen molar-refractivity contribution in [2.24, 2.45) is 0 Å². The highest BCUT2D eigenvalue weighted by Crippen LogP contribution is 2.38. The number of aromatic nitrogens is 1. The fraction of sp³-hybridized carbons (Fsp3) is 0.727. The largest absolute Gasteiger partial charge is 0.484 e. The maximum Gasteiger partial charge on any atom is 0.198 e. The number of nitrogens with two attached hydrogens (primary N) is 1. The molecule has 0 fully saturated rings. The Labute approximate surface area is 106 Å². The lowest BCUT2D eigenvalue weighted by molar-refractivity contribution is 0.0886. The normalized spacial score (nSPS) is 11.9. The van der Waals surface area contributed by atoms with Crippen molar-refractivity contribution < 1.29 is 9.84 Å². The Morgan fingerprint density at radius 3 is 2.59 bits per heavy atom. The van der Waals surface area contributed by atoms with Gasteiger partial charge in [0.05, 0.1) is 11.7 Å². The van der Waals surface area contributed by atoms with Crippen LogP contribution < -0.4 is 15.4 Å². The van der Waals surface area contributed by atoms with Crippen LogP contribution in [0, 0.1) is 0 Å². The van der Waals surface area contributed by atoms with E-state index < -0.39 is 5.60 Å². The summed E-state index contributed by atoms with van der Waals surface area (Å²) in [6.07, 6.45) is 0.0444. The van der Waals surface area contributed by atoms with Crippen LogP contribution in [0.15, 0.2) is 0 Å². The molecule has 0 aliphatic carbocycles. The van der Waals surface area contributed by atoms with E-state index in [-0.39, 0.29) is 6.10 Å². The molecule has 0 atom stereocenters. The number of nitrogen functional groups attached to an aromatic ring is 1. The van der Waals surface area contributed by atoms with Gasteiger partial charge in [0.15, 0.2) is 16.6 Å². The van der Waals surface area contributed by atoms with Crippen LogP contribution in [0.4, 0.5) is 10.8 Å². The van der Waals surface area contributed by atoms with Crippen LogP contribution in [0.3, 0.4) is 0 Å². The predicted octanol–water partition coefficient (Wildman–Crippen LogP) is 1.72. The molecule has 0 radical (unpaired) electrons. The first-order valence-electron chi connectivity index (χ1n) is 5.56. The quantitative estimate of drug-likeness (QED) is 0.842. The van der Waals surface area contributed by atoms with E-state index in [0.717, 1.165) is 5.00 Å². The van der Waals surface area contributed by atoms with E-state index >= 15 is 0 Å². The zero-order chi connectivity index (χ0) is 13.2. The third-order valence-corrected chi connectivity index (χ3v) is 2.94. The topological polar surface area (TPSA) is 71.6 Å². The van der Waals surface area contributed by atoms with Gasteiger partial charge >= 0.3 is 0 Å². The molecule has 0 saturated carbocycles. The van der Waals surface area contributed by atoms with E-state index in [1.165, 1.54) is 11.5 Å². The molecular weight excluding hydrogens is 238 g/mol. The Morgan fingerprint density at radius 2 is 2.12 bits per heavy atom. The summed E-state index contributed by atoms with van der Waals surface area (Å²) < 4.78 is 9.74. The zero-order valence-electron chi connectivity index (χ0n) is 11.0. The highest BCUT2D eigenvalue weighted by molar-refractivity contribution is 7.11. The fourth-order valence-electron chi connectivity index (χ4n) is 1.53. The van der Waals surface area contributed by atoms with E-state index in [0.29, 0.717) is 18.1 Å². The van der Waals surface area contributed by atoms with Crippen molar-refractivity contribution in [1.82, 2.24) is 4.37 Å². The Hall–Kier alpha value is -1.01. The number of hydrogen-bond donors (Lipinski definition) is 2. The Bertz CT molecular complexity index is 371. The van der Waals surface area contributed by atoms with E-state index in [9.17, 15) is 5.11 Å². The van der Waals surface area contributed by atoms with Gasteiger partial charge in [0.25, 0.3) is 0 Å². The summed E-state index contributed by atoms with van der Waals surface area (Å²) in [6, 6.07) is 0. The molecule has 0 amide bonds. The van der Waals surface area contributed by atoms with Gasteiger partial charge in [-0.05, 0) is 39.2 Å². The van der Waals surface area contributed by atoms with Crippen molar-refractivity contribution in [3.05, 3.63) is 0 Å². The van der Waals surface area contributed by atoms with E-state index in [1.54, 1.807) is 13.8 Å². The molecule has 0 aliphatic heterocycles. The lowest BCUT2D eigenvalue weighted by Gasteiger charge is -2.26. The molecule has 0 saturated heterocycles. The molecule has 0 aliphatic rings. The Kier molecular flexibility index (Phi) is 4.21. The number of ether oxygens (including phenoxy) is 1. The number of aliphatic hydroxyl groups is 1. The van der Waals surface area contributed by atoms with Crippen LogP contribution in [0.2, 0.25) is 0 Å². The van der Waals surface area contributed by atoms with Crippen LogP contribution >= 0.6 is 11.5 Å². The maximum absolute atomic E-state index is 9.80. The molecule has 1 heterocycles. The number of likely N-dealkylation sites (N-methyl/N-ethyl adjacent to an activating group) is 1. The van der Waals surface area contributed by atoms with Crippen molar-refractivity contribution in [2.45, 2.75) is 39.4 Å². The highest BCUT2D eigenvalue weighted by atomic mass is 32.1. The summed E-state index contributed by atoms with van der Waals surface area (Å²) in [5.41, 5.74) is 5.00. The minimum Gasteiger partial charge on any atom is -0.484 e. The lowest BCUT2D eigenvalue weighted by Crippen LogP contribution is -2.36. The minimum atomic E-state index is -0.775. The summed E-state index contributed by atoms with van der Waals surface area (Å²) in [5, 5.41) is 10.6. The molecule has 1 aromatic heterocycles. The molecule has 98 valence electrons. The fourth-order valence-corrected chi connectivity index (χ4v) is 2.23. The monoisotopic (exact) mass is 259 g/mol. The first-order valence-corrected chi connectivity index (χ1v) is 6.33. The molecule has 1 rings (SSSR count). The standard InChI is InChI=1S/C11H21N3O2S/c1-7(2)16-8-9(12)13-17-10(8)14(5)6-11(3,4)15/h7,15H,6H2,1-5H3,(H2,12,13). The van der Waals surface area contributed by atoms with Crippen LogP contribution in [-0.2, 0) is 0 Å². The van der Waals surface area contributed by atoms with Gasteiger partial charge < -0.3 is 20.5 Å². The molecule has 5 nitrogen and oxygen atoms in total. The molecule has 17 heavy (non-hydrogen) atoms. The second-order valence-electron chi connectivity index (χ2n) is 5.04. The van der Waals surface area contributed by atoms with Gasteiger partial charge in [-0.3, -0.25) is 0 Å². The molecule has 0 spiro atoms. The van der Waals surface area contributed by atoms with E-state index in [4.69, 9.17) is 10.5 Å².